The van der Waals surface area contributed by atoms with Gasteiger partial charge in [0.05, 0.1) is 5.41 Å². The highest BCUT2D eigenvalue weighted by Gasteiger charge is 2.39. The summed E-state index contributed by atoms with van der Waals surface area (Å²) >= 11 is 2.27. The lowest BCUT2D eigenvalue weighted by atomic mass is 9.83. The number of nitrogens with one attached hydrogen (secondary N) is 1. The number of carbonyl (C=O) groups is 1. The van der Waals surface area contributed by atoms with Crippen LogP contribution in [0.1, 0.15) is 25.0 Å². The summed E-state index contributed by atoms with van der Waals surface area (Å²) in [7, 11) is 0. The first-order valence-corrected chi connectivity index (χ1v) is 5.63. The van der Waals surface area contributed by atoms with Crippen LogP contribution in [0, 0.1) is 10.5 Å². The minimum absolute atomic E-state index is 0.0950. The van der Waals surface area contributed by atoms with Crippen molar-refractivity contribution in [2.24, 2.45) is 0 Å². The molecule has 0 saturated carbocycles. The lowest BCUT2D eigenvalue weighted by Crippen LogP contribution is -2.27. The van der Waals surface area contributed by atoms with Crippen LogP contribution in [0.15, 0.2) is 12.1 Å². The van der Waals surface area contributed by atoms with Crippen molar-refractivity contribution in [2.45, 2.75) is 26.2 Å². The summed E-state index contributed by atoms with van der Waals surface area (Å²) in [5.74, 6) is 0.0950. The third kappa shape index (κ3) is 1.26. The third-order valence-corrected chi connectivity index (χ3v) is 3.36. The molecule has 2 rings (SSSR count). The Balaban J connectivity index is 2.71. The predicted molar refractivity (Wildman–Crippen MR) is 65.6 cm³/mol. The number of benzene rings is 1. The Labute approximate surface area is 97.2 Å². The molecule has 0 aliphatic carbocycles. The molecular formula is C11H12INO. The fourth-order valence-electron chi connectivity index (χ4n) is 2.06. The number of aryl methyl sites for hydroxylation is 1. The van der Waals surface area contributed by atoms with Crippen molar-refractivity contribution in [3.63, 3.8) is 0 Å². The average Bonchev–Trinajstić information content (AvgIpc) is 2.21. The largest absolute Gasteiger partial charge is 0.325 e. The summed E-state index contributed by atoms with van der Waals surface area (Å²) in [6.45, 7) is 5.99. The van der Waals surface area contributed by atoms with Gasteiger partial charge in [-0.05, 0) is 66.6 Å². The smallest absolute Gasteiger partial charge is 0.234 e. The Bertz CT molecular complexity index is 424. The number of anilines is 1. The van der Waals surface area contributed by atoms with Gasteiger partial charge in [-0.15, -0.1) is 0 Å². The Morgan fingerprint density at radius 1 is 1.36 bits per heavy atom. The summed E-state index contributed by atoms with van der Waals surface area (Å²) < 4.78 is 1.16. The maximum atomic E-state index is 11.7. The third-order valence-electron chi connectivity index (χ3n) is 2.74. The molecule has 0 spiro atoms. The number of hydrogen-bond acceptors (Lipinski definition) is 1. The molecule has 0 aromatic heterocycles. The van der Waals surface area contributed by atoms with Crippen molar-refractivity contribution in [1.82, 2.24) is 0 Å². The lowest BCUT2D eigenvalue weighted by Gasteiger charge is -2.17. The Hall–Kier alpha value is -0.580. The highest BCUT2D eigenvalue weighted by Crippen LogP contribution is 2.40. The van der Waals surface area contributed by atoms with E-state index in [9.17, 15) is 4.79 Å². The number of carbonyl (C=O) groups excluding carboxylic acids is 1. The topological polar surface area (TPSA) is 29.1 Å². The van der Waals surface area contributed by atoms with Gasteiger partial charge in [0.25, 0.3) is 0 Å². The van der Waals surface area contributed by atoms with Gasteiger partial charge < -0.3 is 5.32 Å². The zero-order valence-corrected chi connectivity index (χ0v) is 10.6. The van der Waals surface area contributed by atoms with Crippen LogP contribution in [-0.2, 0) is 10.2 Å². The SMILES string of the molecule is Cc1cc(I)cc2c1C(C)(C)C(=O)N2. The molecule has 1 N–H and O–H groups in total. The van der Waals surface area contributed by atoms with E-state index >= 15 is 0 Å². The fourth-order valence-corrected chi connectivity index (χ4v) is 2.84. The van der Waals surface area contributed by atoms with Gasteiger partial charge in [-0.25, -0.2) is 0 Å². The molecule has 1 aromatic rings. The molecule has 2 nitrogen and oxygen atoms in total. The van der Waals surface area contributed by atoms with Crippen molar-refractivity contribution in [3.8, 4) is 0 Å². The van der Waals surface area contributed by atoms with E-state index in [0.717, 1.165) is 14.8 Å². The van der Waals surface area contributed by atoms with Crippen LogP contribution in [0.5, 0.6) is 0 Å². The standard InChI is InChI=1S/C11H12INO/c1-6-4-7(12)5-8-9(6)11(2,3)10(14)13-8/h4-5H,1-3H3,(H,13,14). The van der Waals surface area contributed by atoms with Gasteiger partial charge in [-0.3, -0.25) is 4.79 Å². The molecule has 0 radical (unpaired) electrons. The second-order valence-corrected chi connectivity index (χ2v) is 5.47. The van der Waals surface area contributed by atoms with Crippen LogP contribution in [0.25, 0.3) is 0 Å². The van der Waals surface area contributed by atoms with Gasteiger partial charge in [0.15, 0.2) is 0 Å². The van der Waals surface area contributed by atoms with Crippen LogP contribution in [0.2, 0.25) is 0 Å². The number of fused-ring (bicyclic) bond motifs is 1. The van der Waals surface area contributed by atoms with Gasteiger partial charge in [-0.2, -0.15) is 0 Å². The van der Waals surface area contributed by atoms with Crippen LogP contribution in [0.3, 0.4) is 0 Å². The van der Waals surface area contributed by atoms with E-state index in [1.54, 1.807) is 0 Å². The maximum Gasteiger partial charge on any atom is 0.234 e. The second-order valence-electron chi connectivity index (χ2n) is 4.22. The Kier molecular flexibility index (Phi) is 2.10. The van der Waals surface area contributed by atoms with Crippen molar-refractivity contribution in [1.29, 1.82) is 0 Å². The van der Waals surface area contributed by atoms with Gasteiger partial charge in [0.1, 0.15) is 0 Å². The van der Waals surface area contributed by atoms with Crippen LogP contribution >= 0.6 is 22.6 Å². The summed E-state index contributed by atoms with van der Waals surface area (Å²) in [4.78, 5) is 11.7. The van der Waals surface area contributed by atoms with Gasteiger partial charge >= 0.3 is 0 Å². The summed E-state index contributed by atoms with van der Waals surface area (Å²) in [5.41, 5.74) is 2.92. The molecule has 1 aromatic carbocycles. The predicted octanol–water partition coefficient (Wildman–Crippen LogP) is 2.83. The first kappa shape index (κ1) is 9.96. The van der Waals surface area contributed by atoms with Gasteiger partial charge in [0.2, 0.25) is 5.91 Å². The first-order chi connectivity index (χ1) is 6.43. The van der Waals surface area contributed by atoms with E-state index in [1.807, 2.05) is 19.9 Å². The van der Waals surface area contributed by atoms with E-state index in [-0.39, 0.29) is 11.3 Å². The lowest BCUT2D eigenvalue weighted by molar-refractivity contribution is -0.119. The van der Waals surface area contributed by atoms with Crippen molar-refractivity contribution in [2.75, 3.05) is 5.32 Å². The Morgan fingerprint density at radius 2 is 2.00 bits per heavy atom. The minimum Gasteiger partial charge on any atom is -0.325 e. The van der Waals surface area contributed by atoms with E-state index in [4.69, 9.17) is 0 Å². The molecule has 14 heavy (non-hydrogen) atoms. The Morgan fingerprint density at radius 3 is 2.64 bits per heavy atom. The maximum absolute atomic E-state index is 11.7. The summed E-state index contributed by atoms with van der Waals surface area (Å²) in [6, 6.07) is 4.14. The molecule has 1 aliphatic rings. The number of halogens is 1. The average molecular weight is 301 g/mol. The zero-order valence-electron chi connectivity index (χ0n) is 8.44. The van der Waals surface area contributed by atoms with Crippen LogP contribution in [-0.4, -0.2) is 5.91 Å². The quantitative estimate of drug-likeness (QED) is 0.734. The van der Waals surface area contributed by atoms with Crippen molar-refractivity contribution in [3.05, 3.63) is 26.8 Å². The molecule has 3 heteroatoms. The molecule has 0 fully saturated rings. The highest BCUT2D eigenvalue weighted by molar-refractivity contribution is 14.1. The van der Waals surface area contributed by atoms with Gasteiger partial charge in [-0.1, -0.05) is 0 Å². The molecule has 0 atom stereocenters. The number of amides is 1. The molecule has 0 unspecified atom stereocenters. The summed E-state index contributed by atoms with van der Waals surface area (Å²) in [5, 5.41) is 2.93. The monoisotopic (exact) mass is 301 g/mol. The van der Waals surface area contributed by atoms with Crippen molar-refractivity contribution < 1.29 is 4.79 Å². The number of rotatable bonds is 0. The molecule has 0 bridgehead atoms. The summed E-state index contributed by atoms with van der Waals surface area (Å²) in [6.07, 6.45) is 0. The first-order valence-electron chi connectivity index (χ1n) is 4.55. The number of hydrogen-bond donors (Lipinski definition) is 1. The fraction of sp³-hybridized carbons (Fsp3) is 0.364. The molecule has 1 heterocycles. The van der Waals surface area contributed by atoms with Crippen LogP contribution in [0.4, 0.5) is 5.69 Å². The molecule has 0 saturated heterocycles. The normalized spacial score (nSPS) is 17.9. The van der Waals surface area contributed by atoms with E-state index in [0.29, 0.717) is 0 Å². The zero-order chi connectivity index (χ0) is 10.5. The highest BCUT2D eigenvalue weighted by atomic mass is 127. The van der Waals surface area contributed by atoms with E-state index < -0.39 is 0 Å². The van der Waals surface area contributed by atoms with Crippen LogP contribution < -0.4 is 5.32 Å². The molecule has 74 valence electrons. The van der Waals surface area contributed by atoms with E-state index in [2.05, 4.69) is 40.9 Å². The molecule has 1 amide bonds. The van der Waals surface area contributed by atoms with Crippen molar-refractivity contribution >= 4 is 34.2 Å². The molecular weight excluding hydrogens is 289 g/mol. The minimum atomic E-state index is -0.385. The van der Waals surface area contributed by atoms with E-state index in [1.165, 1.54) is 5.56 Å². The van der Waals surface area contributed by atoms with Gasteiger partial charge in [0, 0.05) is 9.26 Å². The molecule has 1 aliphatic heterocycles. The second kappa shape index (κ2) is 2.95.